The summed E-state index contributed by atoms with van der Waals surface area (Å²) in [5.41, 5.74) is 2.93. The lowest BCUT2D eigenvalue weighted by Crippen LogP contribution is -2.43. The van der Waals surface area contributed by atoms with Gasteiger partial charge in [-0.15, -0.1) is 0 Å². The number of ether oxygens (including phenoxy) is 3. The number of benzene rings is 3. The lowest BCUT2D eigenvalue weighted by Gasteiger charge is -2.32. The van der Waals surface area contributed by atoms with Crippen molar-refractivity contribution in [1.82, 2.24) is 14.8 Å². The third-order valence-electron chi connectivity index (χ3n) is 7.96. The number of aromatic nitrogens is 1. The molecule has 11 heteroatoms. The Balaban J connectivity index is 1.36. The van der Waals surface area contributed by atoms with Gasteiger partial charge in [-0.3, -0.25) is 15.2 Å². The summed E-state index contributed by atoms with van der Waals surface area (Å²) in [6.07, 6.45) is 1.13. The van der Waals surface area contributed by atoms with E-state index in [1.165, 1.54) is 14.2 Å². The van der Waals surface area contributed by atoms with Gasteiger partial charge in [-0.1, -0.05) is 45.0 Å². The average Bonchev–Trinajstić information content (AvgIpc) is 3.03. The summed E-state index contributed by atoms with van der Waals surface area (Å²) in [5, 5.41) is 10.2. The van der Waals surface area contributed by atoms with Gasteiger partial charge >= 0.3 is 12.1 Å². The van der Waals surface area contributed by atoms with E-state index >= 15 is 0 Å². The zero-order chi connectivity index (χ0) is 32.8. The maximum Gasteiger partial charge on any atom is 0.411 e. The van der Waals surface area contributed by atoms with E-state index in [4.69, 9.17) is 14.2 Å². The van der Waals surface area contributed by atoms with Crippen LogP contribution in [0.15, 0.2) is 66.9 Å². The summed E-state index contributed by atoms with van der Waals surface area (Å²) < 4.78 is 16.8. The molecular weight excluding hydrogens is 584 g/mol. The normalized spacial score (nSPS) is 14.0. The van der Waals surface area contributed by atoms with Crippen molar-refractivity contribution in [3.8, 4) is 17.2 Å². The Morgan fingerprint density at radius 2 is 1.52 bits per heavy atom. The SMILES string of the molecule is COC(=O)Nc1cc(C(C)(C)C)cc(NC(=O)Nc2ccc(Oc3ccnc(CN4CCN(C)CC4)c3)c3ccccc23)c1OC. The number of hydrogen-bond acceptors (Lipinski definition) is 8. The van der Waals surface area contributed by atoms with Gasteiger partial charge in [-0.05, 0) is 48.4 Å². The maximum atomic E-state index is 13.4. The minimum atomic E-state index is -0.647. The molecule has 0 unspecified atom stereocenters. The molecule has 1 saturated heterocycles. The Kier molecular flexibility index (Phi) is 9.93. The molecule has 1 aliphatic rings. The molecule has 242 valence electrons. The second kappa shape index (κ2) is 14.1. The molecule has 2 heterocycles. The second-order valence-corrected chi connectivity index (χ2v) is 12.4. The fraction of sp³-hybridized carbons (Fsp3) is 0.343. The van der Waals surface area contributed by atoms with E-state index in [1.807, 2.05) is 81.4 Å². The van der Waals surface area contributed by atoms with Crippen molar-refractivity contribution in [3.05, 3.63) is 78.1 Å². The van der Waals surface area contributed by atoms with Crippen molar-refractivity contribution in [1.29, 1.82) is 0 Å². The molecule has 3 N–H and O–H groups in total. The van der Waals surface area contributed by atoms with Gasteiger partial charge in [0.2, 0.25) is 0 Å². The van der Waals surface area contributed by atoms with E-state index < -0.39 is 12.1 Å². The predicted octanol–water partition coefficient (Wildman–Crippen LogP) is 6.90. The number of fused-ring (bicyclic) bond motifs is 1. The van der Waals surface area contributed by atoms with Gasteiger partial charge in [0.25, 0.3) is 0 Å². The fourth-order valence-corrected chi connectivity index (χ4v) is 5.34. The predicted molar refractivity (Wildman–Crippen MR) is 181 cm³/mol. The molecule has 3 aromatic carbocycles. The van der Waals surface area contributed by atoms with Gasteiger partial charge in [0.15, 0.2) is 5.75 Å². The van der Waals surface area contributed by atoms with Crippen molar-refractivity contribution in [2.24, 2.45) is 0 Å². The molecule has 0 bridgehead atoms. The van der Waals surface area contributed by atoms with Crippen LogP contribution in [-0.2, 0) is 16.7 Å². The van der Waals surface area contributed by atoms with E-state index in [-0.39, 0.29) is 5.41 Å². The zero-order valence-corrected chi connectivity index (χ0v) is 27.3. The van der Waals surface area contributed by atoms with Gasteiger partial charge in [0.1, 0.15) is 11.5 Å². The zero-order valence-electron chi connectivity index (χ0n) is 27.3. The van der Waals surface area contributed by atoms with Crippen molar-refractivity contribution in [2.45, 2.75) is 32.7 Å². The molecule has 1 aliphatic heterocycles. The minimum Gasteiger partial charge on any atom is -0.492 e. The lowest BCUT2D eigenvalue weighted by molar-refractivity contribution is 0.147. The molecule has 1 aromatic heterocycles. The summed E-state index contributed by atoms with van der Waals surface area (Å²) in [4.78, 5) is 34.8. The number of hydrogen-bond donors (Lipinski definition) is 3. The standard InChI is InChI=1S/C35H42N6O5/c1-35(2,3)23-19-29(32(44-5)30(20-23)39-34(43)45-6)38-33(42)37-28-11-12-31(27-10-8-7-9-26(27)28)46-25-13-14-36-24(21-25)22-41-17-15-40(4)16-18-41/h7-14,19-21H,15-18,22H2,1-6H3,(H,39,43)(H2,37,38,42). The van der Waals surface area contributed by atoms with Gasteiger partial charge < -0.3 is 29.7 Å². The maximum absolute atomic E-state index is 13.4. The Morgan fingerprint density at radius 1 is 0.848 bits per heavy atom. The number of pyridine rings is 1. The third kappa shape index (κ3) is 7.85. The molecule has 3 amide bonds. The summed E-state index contributed by atoms with van der Waals surface area (Å²) in [6.45, 7) is 11.0. The molecule has 0 aliphatic carbocycles. The molecule has 4 aromatic rings. The van der Waals surface area contributed by atoms with Crippen molar-refractivity contribution < 1.29 is 23.8 Å². The van der Waals surface area contributed by atoms with Gasteiger partial charge in [0, 0.05) is 55.8 Å². The minimum absolute atomic E-state index is 0.280. The molecular formula is C35H42N6O5. The van der Waals surface area contributed by atoms with E-state index in [9.17, 15) is 9.59 Å². The Morgan fingerprint density at radius 3 is 2.20 bits per heavy atom. The molecule has 5 rings (SSSR count). The number of urea groups is 1. The first-order valence-corrected chi connectivity index (χ1v) is 15.2. The number of methoxy groups -OCH3 is 2. The molecule has 0 radical (unpaired) electrons. The Hall–Kier alpha value is -4.87. The van der Waals surface area contributed by atoms with Crippen LogP contribution < -0.4 is 25.4 Å². The van der Waals surface area contributed by atoms with E-state index in [1.54, 1.807) is 6.20 Å². The number of nitrogens with zero attached hydrogens (tertiary/aromatic N) is 3. The highest BCUT2D eigenvalue weighted by Gasteiger charge is 2.22. The van der Waals surface area contributed by atoms with Gasteiger partial charge in [-0.2, -0.15) is 0 Å². The number of nitrogens with one attached hydrogen (secondary N) is 3. The highest BCUT2D eigenvalue weighted by atomic mass is 16.5. The summed E-state index contributed by atoms with van der Waals surface area (Å²) in [7, 11) is 4.90. The van der Waals surface area contributed by atoms with Gasteiger partial charge in [-0.25, -0.2) is 9.59 Å². The van der Waals surface area contributed by atoms with Crippen LogP contribution in [0.3, 0.4) is 0 Å². The highest BCUT2D eigenvalue weighted by Crippen LogP contribution is 2.39. The largest absolute Gasteiger partial charge is 0.492 e. The van der Waals surface area contributed by atoms with Gasteiger partial charge in [0.05, 0.1) is 37.0 Å². The number of likely N-dealkylation sites (N-methyl/N-ethyl adjacent to an activating group) is 1. The molecule has 0 spiro atoms. The molecule has 0 saturated carbocycles. The van der Waals surface area contributed by atoms with Crippen LogP contribution >= 0.6 is 0 Å². The monoisotopic (exact) mass is 626 g/mol. The van der Waals surface area contributed by atoms with Crippen molar-refractivity contribution in [2.75, 3.05) is 63.4 Å². The van der Waals surface area contributed by atoms with Crippen LogP contribution in [0.1, 0.15) is 32.0 Å². The lowest BCUT2D eigenvalue weighted by atomic mass is 9.86. The summed E-state index contributed by atoms with van der Waals surface area (Å²) >= 11 is 0. The van der Waals surface area contributed by atoms with Crippen LogP contribution in [0.5, 0.6) is 17.2 Å². The highest BCUT2D eigenvalue weighted by molar-refractivity contribution is 6.08. The number of amides is 3. The second-order valence-electron chi connectivity index (χ2n) is 12.4. The molecule has 0 atom stereocenters. The number of rotatable bonds is 8. The van der Waals surface area contributed by atoms with E-state index in [2.05, 4.69) is 37.8 Å². The van der Waals surface area contributed by atoms with Crippen LogP contribution in [0, 0.1) is 0 Å². The average molecular weight is 627 g/mol. The third-order valence-corrected chi connectivity index (χ3v) is 7.96. The van der Waals surface area contributed by atoms with Crippen molar-refractivity contribution in [3.63, 3.8) is 0 Å². The van der Waals surface area contributed by atoms with Crippen LogP contribution in [0.25, 0.3) is 10.8 Å². The van der Waals surface area contributed by atoms with Crippen molar-refractivity contribution >= 4 is 40.0 Å². The fourth-order valence-electron chi connectivity index (χ4n) is 5.34. The number of piperazine rings is 1. The number of carbonyl (C=O) groups is 2. The van der Waals surface area contributed by atoms with E-state index in [0.717, 1.165) is 54.8 Å². The topological polar surface area (TPSA) is 117 Å². The Bertz CT molecular complexity index is 1710. The van der Waals surface area contributed by atoms with Crippen LogP contribution in [0.2, 0.25) is 0 Å². The first-order chi connectivity index (χ1) is 22.0. The molecule has 1 fully saturated rings. The van der Waals surface area contributed by atoms with E-state index in [0.29, 0.717) is 34.3 Å². The Labute approximate surface area is 269 Å². The molecule has 11 nitrogen and oxygen atoms in total. The quantitative estimate of drug-likeness (QED) is 0.193. The first kappa shape index (κ1) is 32.5. The van der Waals surface area contributed by atoms with Crippen LogP contribution in [0.4, 0.5) is 26.7 Å². The summed E-state index contributed by atoms with van der Waals surface area (Å²) in [6, 6.07) is 18.4. The summed E-state index contributed by atoms with van der Waals surface area (Å²) in [5.74, 6) is 1.66. The smallest absolute Gasteiger partial charge is 0.411 e. The molecule has 46 heavy (non-hydrogen) atoms. The number of carbonyl (C=O) groups excluding carboxylic acids is 2. The number of anilines is 3. The van der Waals surface area contributed by atoms with Crippen LogP contribution in [-0.4, -0.2) is 74.4 Å². The first-order valence-electron chi connectivity index (χ1n) is 15.2.